The molecular formula is C37H59N3O5. The maximum absolute atomic E-state index is 12.3. The molecule has 45 heavy (non-hydrogen) atoms. The van der Waals surface area contributed by atoms with Crippen LogP contribution in [0.25, 0.3) is 0 Å². The van der Waals surface area contributed by atoms with E-state index in [9.17, 15) is 9.59 Å². The predicted octanol–water partition coefficient (Wildman–Crippen LogP) is 6.43. The highest BCUT2D eigenvalue weighted by atomic mass is 16.5. The summed E-state index contributed by atoms with van der Waals surface area (Å²) >= 11 is 0. The zero-order valence-corrected chi connectivity index (χ0v) is 29.9. The Morgan fingerprint density at radius 2 is 1.67 bits per heavy atom. The molecule has 2 aliphatic rings. The average molecular weight is 626 g/mol. The number of carbonyl (C=O) groups excluding carboxylic acids is 2. The number of fused-ring (bicyclic) bond motifs is 1. The number of amides is 1. The monoisotopic (exact) mass is 625 g/mol. The molecule has 1 atom stereocenters. The fourth-order valence-corrected chi connectivity index (χ4v) is 6.09. The maximum atomic E-state index is 12.3. The molecule has 1 fully saturated rings. The molecule has 8 heteroatoms. The Balaban J connectivity index is 0.000000660. The summed E-state index contributed by atoms with van der Waals surface area (Å²) in [5, 5.41) is 0. The molecule has 1 aromatic carbocycles. The predicted molar refractivity (Wildman–Crippen MR) is 186 cm³/mol. The van der Waals surface area contributed by atoms with Crippen molar-refractivity contribution in [1.82, 2.24) is 14.7 Å². The van der Waals surface area contributed by atoms with Crippen LogP contribution in [0.3, 0.4) is 0 Å². The molecule has 0 bridgehead atoms. The van der Waals surface area contributed by atoms with Crippen molar-refractivity contribution in [2.75, 3.05) is 68.2 Å². The van der Waals surface area contributed by atoms with Gasteiger partial charge in [0.25, 0.3) is 0 Å². The van der Waals surface area contributed by atoms with Crippen molar-refractivity contribution >= 4 is 12.7 Å². The van der Waals surface area contributed by atoms with Gasteiger partial charge in [0.15, 0.2) is 0 Å². The minimum absolute atomic E-state index is 0.135. The summed E-state index contributed by atoms with van der Waals surface area (Å²) in [4.78, 5) is 29.2. The van der Waals surface area contributed by atoms with Crippen molar-refractivity contribution in [2.45, 2.75) is 72.3 Å². The van der Waals surface area contributed by atoms with E-state index in [0.29, 0.717) is 18.7 Å². The summed E-state index contributed by atoms with van der Waals surface area (Å²) in [7, 11) is 9.40. The lowest BCUT2D eigenvalue weighted by Crippen LogP contribution is -2.59. The number of likely N-dealkylation sites (N-methyl/N-ethyl adjacent to an activating group) is 1. The van der Waals surface area contributed by atoms with Crippen LogP contribution in [0.1, 0.15) is 71.4 Å². The minimum Gasteiger partial charge on any atom is -0.497 e. The Morgan fingerprint density at radius 3 is 2.18 bits per heavy atom. The van der Waals surface area contributed by atoms with Crippen LogP contribution in [-0.2, 0) is 20.7 Å². The first-order valence-electron chi connectivity index (χ1n) is 16.0. The van der Waals surface area contributed by atoms with Crippen LogP contribution in [-0.4, -0.2) is 101 Å². The van der Waals surface area contributed by atoms with E-state index in [1.54, 1.807) is 27.4 Å². The van der Waals surface area contributed by atoms with Crippen LogP contribution in [0.2, 0.25) is 0 Å². The first-order chi connectivity index (χ1) is 21.5. The number of hydrogen-bond donors (Lipinski definition) is 0. The maximum Gasteiger partial charge on any atom is 0.210 e. The number of methoxy groups -OCH3 is 3. The third-order valence-corrected chi connectivity index (χ3v) is 8.23. The van der Waals surface area contributed by atoms with Gasteiger partial charge >= 0.3 is 0 Å². The molecule has 2 heterocycles. The molecular weight excluding hydrogens is 566 g/mol. The van der Waals surface area contributed by atoms with Crippen LogP contribution in [0.15, 0.2) is 59.4 Å². The number of rotatable bonds is 11. The van der Waals surface area contributed by atoms with Crippen LogP contribution < -0.4 is 9.47 Å². The minimum atomic E-state index is -0.340. The molecule has 0 aromatic heterocycles. The fourth-order valence-electron chi connectivity index (χ4n) is 6.09. The number of nitrogens with zero attached hydrogens (tertiary/aromatic N) is 3. The molecule has 0 unspecified atom stereocenters. The van der Waals surface area contributed by atoms with Crippen molar-refractivity contribution < 1.29 is 23.8 Å². The Morgan fingerprint density at radius 1 is 1.02 bits per heavy atom. The van der Waals surface area contributed by atoms with E-state index in [-0.39, 0.29) is 11.5 Å². The van der Waals surface area contributed by atoms with Crippen LogP contribution >= 0.6 is 0 Å². The number of allylic oxidation sites excluding steroid dienone is 6. The van der Waals surface area contributed by atoms with Gasteiger partial charge in [-0.2, -0.15) is 0 Å². The molecule has 1 saturated heterocycles. The van der Waals surface area contributed by atoms with Gasteiger partial charge in [-0.1, -0.05) is 50.6 Å². The molecule has 0 aliphatic carbocycles. The summed E-state index contributed by atoms with van der Waals surface area (Å²) in [5.74, 6) is 1.81. The lowest BCUT2D eigenvalue weighted by atomic mass is 9.79. The summed E-state index contributed by atoms with van der Waals surface area (Å²) in [5.41, 5.74) is 6.13. The second-order valence-electron chi connectivity index (χ2n) is 11.8. The van der Waals surface area contributed by atoms with Crippen LogP contribution in [0.4, 0.5) is 0 Å². The van der Waals surface area contributed by atoms with Gasteiger partial charge in [-0.25, -0.2) is 0 Å². The number of aldehydes is 1. The van der Waals surface area contributed by atoms with Gasteiger partial charge in [-0.05, 0) is 64.8 Å². The number of carbonyl (C=O) groups is 2. The quantitative estimate of drug-likeness (QED) is 0.160. The van der Waals surface area contributed by atoms with Crippen molar-refractivity contribution in [1.29, 1.82) is 0 Å². The summed E-state index contributed by atoms with van der Waals surface area (Å²) < 4.78 is 16.6. The number of ether oxygens (including phenoxy) is 3. The zero-order valence-electron chi connectivity index (χ0n) is 29.9. The standard InChI is InChI=1S/C25H39N3O4.C10H14O.C2H6/c1-19-15-23(25(8-11-26(2)12-9-25)28(18-29)13-14-30-4)27(3)10-7-20-16-21(31-5)17-22(32-6)24(19)20;1-8(2)5-9(3)6-10(4)7-11;1-2/h15-19H,7-14H2,1-6H3;5-7H,4H2,1-3H3;1-2H3/b23-15-;9-6-;/t19-;;/m0../s1. The van der Waals surface area contributed by atoms with Crippen molar-refractivity contribution in [3.8, 4) is 11.5 Å². The Hall–Kier alpha value is -3.36. The molecule has 0 N–H and O–H groups in total. The highest BCUT2D eigenvalue weighted by molar-refractivity contribution is 5.76. The van der Waals surface area contributed by atoms with Gasteiger partial charge in [0.2, 0.25) is 6.41 Å². The number of piperidine rings is 1. The lowest BCUT2D eigenvalue weighted by Gasteiger charge is -2.51. The number of hydrogen-bond acceptors (Lipinski definition) is 7. The second kappa shape index (κ2) is 19.9. The molecule has 0 radical (unpaired) electrons. The van der Waals surface area contributed by atoms with Gasteiger partial charge < -0.3 is 28.9 Å². The highest BCUT2D eigenvalue weighted by Gasteiger charge is 2.44. The molecule has 0 spiro atoms. The van der Waals surface area contributed by atoms with Crippen molar-refractivity contribution in [3.05, 3.63) is 70.5 Å². The smallest absolute Gasteiger partial charge is 0.210 e. The van der Waals surface area contributed by atoms with Gasteiger partial charge in [0.05, 0.1) is 26.4 Å². The molecule has 1 aromatic rings. The third kappa shape index (κ3) is 11.2. The Bertz CT molecular complexity index is 1190. The van der Waals surface area contributed by atoms with Gasteiger partial charge in [0.1, 0.15) is 17.8 Å². The van der Waals surface area contributed by atoms with Crippen molar-refractivity contribution in [3.63, 3.8) is 0 Å². The van der Waals surface area contributed by atoms with E-state index in [0.717, 1.165) is 68.7 Å². The van der Waals surface area contributed by atoms with Gasteiger partial charge in [-0.3, -0.25) is 9.59 Å². The van der Waals surface area contributed by atoms with E-state index in [4.69, 9.17) is 14.2 Å². The van der Waals surface area contributed by atoms with E-state index < -0.39 is 0 Å². The molecule has 252 valence electrons. The van der Waals surface area contributed by atoms with Crippen LogP contribution in [0, 0.1) is 0 Å². The SMILES string of the molecule is C=C(C=O)/C=C(/C)C=C(C)C.CC.COCCN(C=O)C1(/C2=C/[C@H](C)c3c(cc(OC)cc3OC)CCN2C)CCN(C)CC1. The van der Waals surface area contributed by atoms with E-state index >= 15 is 0 Å². The number of benzene rings is 1. The summed E-state index contributed by atoms with van der Waals surface area (Å²) in [6.07, 6.45) is 10.6. The number of likely N-dealkylation sites (tertiary alicyclic amines) is 1. The molecule has 8 nitrogen and oxygen atoms in total. The summed E-state index contributed by atoms with van der Waals surface area (Å²) in [6, 6.07) is 4.10. The van der Waals surface area contributed by atoms with Gasteiger partial charge in [0, 0.05) is 69.2 Å². The molecule has 1 amide bonds. The van der Waals surface area contributed by atoms with E-state index in [1.165, 1.54) is 22.4 Å². The topological polar surface area (TPSA) is 71.5 Å². The Labute approximate surface area is 273 Å². The first-order valence-corrected chi connectivity index (χ1v) is 16.0. The van der Waals surface area contributed by atoms with Crippen LogP contribution in [0.5, 0.6) is 11.5 Å². The second-order valence-corrected chi connectivity index (χ2v) is 11.8. The van der Waals surface area contributed by atoms with E-state index in [1.807, 2.05) is 51.7 Å². The highest BCUT2D eigenvalue weighted by Crippen LogP contribution is 2.42. The molecule has 3 rings (SSSR count). The summed E-state index contributed by atoms with van der Waals surface area (Å²) in [6.45, 7) is 19.6. The molecule has 2 aliphatic heterocycles. The van der Waals surface area contributed by atoms with Gasteiger partial charge in [-0.15, -0.1) is 0 Å². The molecule has 0 saturated carbocycles. The van der Waals surface area contributed by atoms with E-state index in [2.05, 4.69) is 49.5 Å². The third-order valence-electron chi connectivity index (χ3n) is 8.23. The van der Waals surface area contributed by atoms with Crippen molar-refractivity contribution in [2.24, 2.45) is 0 Å². The fraction of sp³-hybridized carbons (Fsp3) is 0.568. The lowest BCUT2D eigenvalue weighted by molar-refractivity contribution is -0.126. The largest absolute Gasteiger partial charge is 0.497 e. The zero-order chi connectivity index (χ0) is 34.2. The average Bonchev–Trinajstić information content (AvgIpc) is 3.03. The normalized spacial score (nSPS) is 18.9. The first kappa shape index (κ1) is 39.7. The Kier molecular flexibility index (Phi) is 17.5.